The molecule has 0 unspecified atom stereocenters. The monoisotopic (exact) mass is 298 g/mol. The molecule has 2 aromatic heterocycles. The van der Waals surface area contributed by atoms with E-state index in [0.29, 0.717) is 0 Å². The van der Waals surface area contributed by atoms with E-state index in [9.17, 15) is 0 Å². The second-order valence-corrected chi connectivity index (χ2v) is 3.04. The summed E-state index contributed by atoms with van der Waals surface area (Å²) < 4.78 is 17.4. The van der Waals surface area contributed by atoms with Crippen molar-refractivity contribution in [2.75, 3.05) is 0 Å². The van der Waals surface area contributed by atoms with Gasteiger partial charge in [-0.05, 0) is 0 Å². The van der Waals surface area contributed by atoms with Crippen LogP contribution < -0.4 is 0 Å². The highest BCUT2D eigenvalue weighted by molar-refractivity contribution is 7.31. The maximum atomic E-state index is 8.70. The molecule has 12 heteroatoms. The Balaban J connectivity index is 0. The van der Waals surface area contributed by atoms with E-state index < -0.39 is 16.5 Å². The van der Waals surface area contributed by atoms with Crippen LogP contribution in [0, 0.1) is 0 Å². The first-order valence-electron chi connectivity index (χ1n) is 4.02. The van der Waals surface area contributed by atoms with Gasteiger partial charge in [0.05, 0.1) is 12.7 Å². The van der Waals surface area contributed by atoms with E-state index in [2.05, 4.69) is 19.9 Å². The van der Waals surface area contributed by atoms with Gasteiger partial charge in [0.2, 0.25) is 0 Å². The zero-order valence-corrected chi connectivity index (χ0v) is 10.6. The van der Waals surface area contributed by atoms with Gasteiger partial charge in [-0.25, -0.2) is 9.97 Å². The summed E-state index contributed by atoms with van der Waals surface area (Å²) in [6.45, 7) is 0. The van der Waals surface area contributed by atoms with Gasteiger partial charge >= 0.3 is 16.5 Å². The molecule has 6 N–H and O–H groups in total. The molecule has 2 aromatic rings. The summed E-state index contributed by atoms with van der Waals surface area (Å²) in [5, 5.41) is 0. The summed E-state index contributed by atoms with van der Waals surface area (Å²) in [7, 11) is -5.74. The number of nitrogens with one attached hydrogen (secondary N) is 2. The van der Waals surface area contributed by atoms with E-state index in [1.165, 1.54) is 0 Å². The molecule has 0 bridgehead atoms. The number of hydrogen-bond donors (Lipinski definition) is 6. The molecule has 0 aliphatic heterocycles. The second kappa shape index (κ2) is 15.5. The van der Waals surface area contributed by atoms with Crippen LogP contribution in [0.4, 0.5) is 0 Å². The third-order valence-electron chi connectivity index (χ3n) is 0.812. The minimum atomic E-state index is -2.87. The fourth-order valence-electron chi connectivity index (χ4n) is 0.430. The van der Waals surface area contributed by atoms with Crippen LogP contribution in [-0.4, -0.2) is 39.5 Å². The highest BCUT2D eigenvalue weighted by atomic mass is 31.1. The standard InChI is InChI=1S/2C3H4N2.2HO3P/c2*1-2-5-3-4-1;2*1-4(2)3/h2*1-3H,(H,4,5);2*(H-,1,2,3)/p+2. The molecule has 0 aliphatic carbocycles. The summed E-state index contributed by atoms with van der Waals surface area (Å²) in [5.41, 5.74) is 0. The first-order chi connectivity index (χ1) is 8.46. The lowest BCUT2D eigenvalue weighted by atomic mass is 11.0. The van der Waals surface area contributed by atoms with E-state index >= 15 is 0 Å². The second-order valence-electron chi connectivity index (χ2n) is 2.03. The third kappa shape index (κ3) is 36.6. The molecule has 0 radical (unpaired) electrons. The van der Waals surface area contributed by atoms with Crippen molar-refractivity contribution in [2.24, 2.45) is 0 Å². The third-order valence-corrected chi connectivity index (χ3v) is 0.812. The molecule has 0 amide bonds. The molecule has 0 aromatic carbocycles. The Morgan fingerprint density at radius 1 is 0.778 bits per heavy atom. The van der Waals surface area contributed by atoms with Crippen LogP contribution in [0.5, 0.6) is 0 Å². The molecule has 2 rings (SSSR count). The average Bonchev–Trinajstić information content (AvgIpc) is 2.96. The molecule has 0 aliphatic rings. The Kier molecular flexibility index (Phi) is 16.2. The molecular weight excluding hydrogens is 286 g/mol. The zero-order valence-electron chi connectivity index (χ0n) is 8.86. The Morgan fingerprint density at radius 3 is 1.11 bits per heavy atom. The molecule has 0 saturated heterocycles. The summed E-state index contributed by atoms with van der Waals surface area (Å²) in [6.07, 6.45) is 10.2. The van der Waals surface area contributed by atoms with Crippen molar-refractivity contribution < 1.29 is 28.7 Å². The molecule has 18 heavy (non-hydrogen) atoms. The quantitative estimate of drug-likeness (QED) is 0.371. The van der Waals surface area contributed by atoms with E-state index in [4.69, 9.17) is 28.7 Å². The molecule has 100 valence electrons. The average molecular weight is 298 g/mol. The van der Waals surface area contributed by atoms with E-state index in [1.807, 2.05) is 0 Å². The van der Waals surface area contributed by atoms with Crippen molar-refractivity contribution in [3.63, 3.8) is 0 Å². The minimum Gasteiger partial charge on any atom is -0.351 e. The largest absolute Gasteiger partial charge is 0.692 e. The summed E-state index contributed by atoms with van der Waals surface area (Å²) >= 11 is 0. The van der Waals surface area contributed by atoms with Gasteiger partial charge in [-0.15, -0.1) is 19.6 Å². The molecular formula is C6H12N4O6P2+2. The SMILES string of the molecule is O=[P+](O)O.O=[P+](O)O.c1c[nH]cn1.c1c[nH]cn1. The highest BCUT2D eigenvalue weighted by Gasteiger charge is 1.93. The first kappa shape index (κ1) is 18.8. The van der Waals surface area contributed by atoms with Crippen LogP contribution in [-0.2, 0) is 9.13 Å². The lowest BCUT2D eigenvalue weighted by Crippen LogP contribution is -1.44. The van der Waals surface area contributed by atoms with Crippen LogP contribution in [0.15, 0.2) is 37.4 Å². The maximum Gasteiger partial charge on any atom is 0.692 e. The zero-order chi connectivity index (χ0) is 14.2. The van der Waals surface area contributed by atoms with Crippen LogP contribution in [0.1, 0.15) is 0 Å². The van der Waals surface area contributed by atoms with E-state index in [-0.39, 0.29) is 0 Å². The number of imidazole rings is 2. The lowest BCUT2D eigenvalue weighted by Gasteiger charge is -1.46. The highest BCUT2D eigenvalue weighted by Crippen LogP contribution is 1.98. The van der Waals surface area contributed by atoms with Crippen LogP contribution in [0.3, 0.4) is 0 Å². The number of aromatic nitrogens is 4. The molecule has 0 spiro atoms. The fourth-order valence-corrected chi connectivity index (χ4v) is 0.430. The lowest BCUT2D eigenvalue weighted by molar-refractivity contribution is 0.403. The van der Waals surface area contributed by atoms with Crippen molar-refractivity contribution in [1.82, 2.24) is 19.9 Å². The van der Waals surface area contributed by atoms with Crippen molar-refractivity contribution in [1.29, 1.82) is 0 Å². The normalized spacial score (nSPS) is 7.33. The predicted molar refractivity (Wildman–Crippen MR) is 61.3 cm³/mol. The topological polar surface area (TPSA) is 172 Å². The molecule has 0 saturated carbocycles. The Hall–Kier alpha value is -1.54. The van der Waals surface area contributed by atoms with Crippen LogP contribution in [0.25, 0.3) is 0 Å². The number of nitrogens with zero attached hydrogens (tertiary/aromatic N) is 2. The summed E-state index contributed by atoms with van der Waals surface area (Å²) in [6, 6.07) is 0. The number of aromatic amines is 2. The maximum absolute atomic E-state index is 8.70. The van der Waals surface area contributed by atoms with Gasteiger partial charge in [-0.3, -0.25) is 0 Å². The molecule has 10 nitrogen and oxygen atoms in total. The Bertz CT molecular complexity index is 300. The van der Waals surface area contributed by atoms with Gasteiger partial charge in [0.15, 0.2) is 0 Å². The van der Waals surface area contributed by atoms with Gasteiger partial charge in [0.25, 0.3) is 0 Å². The van der Waals surface area contributed by atoms with E-state index in [0.717, 1.165) is 0 Å². The van der Waals surface area contributed by atoms with Crippen molar-refractivity contribution in [3.05, 3.63) is 37.4 Å². The number of rotatable bonds is 0. The van der Waals surface area contributed by atoms with Gasteiger partial charge in [-0.1, -0.05) is 0 Å². The van der Waals surface area contributed by atoms with Gasteiger partial charge < -0.3 is 9.97 Å². The number of H-pyrrole nitrogens is 2. The van der Waals surface area contributed by atoms with E-state index in [1.54, 1.807) is 37.4 Å². The molecule has 0 atom stereocenters. The van der Waals surface area contributed by atoms with Crippen molar-refractivity contribution in [3.8, 4) is 0 Å². The van der Waals surface area contributed by atoms with Crippen LogP contribution in [0.2, 0.25) is 0 Å². The minimum absolute atomic E-state index is 1.62. The molecule has 2 heterocycles. The smallest absolute Gasteiger partial charge is 0.351 e. The summed E-state index contributed by atoms with van der Waals surface area (Å²) in [4.78, 5) is 41.3. The van der Waals surface area contributed by atoms with Gasteiger partial charge in [-0.2, -0.15) is 0 Å². The van der Waals surface area contributed by atoms with Gasteiger partial charge in [0, 0.05) is 33.9 Å². The summed E-state index contributed by atoms with van der Waals surface area (Å²) in [5.74, 6) is 0. The van der Waals surface area contributed by atoms with Crippen LogP contribution >= 0.6 is 16.5 Å². The predicted octanol–water partition coefficient (Wildman–Crippen LogP) is 0.0762. The van der Waals surface area contributed by atoms with Crippen molar-refractivity contribution >= 4 is 16.5 Å². The van der Waals surface area contributed by atoms with Gasteiger partial charge in [0.1, 0.15) is 0 Å². The fraction of sp³-hybridized carbons (Fsp3) is 0. The Labute approximate surface area is 103 Å². The molecule has 0 fully saturated rings. The van der Waals surface area contributed by atoms with Crippen molar-refractivity contribution in [2.45, 2.75) is 0 Å². The number of hydrogen-bond acceptors (Lipinski definition) is 4. The Morgan fingerprint density at radius 2 is 1.06 bits per heavy atom. The first-order valence-corrected chi connectivity index (χ1v) is 6.35.